The zero-order chi connectivity index (χ0) is 43.9. The highest BCUT2D eigenvalue weighted by Gasteiger charge is 2.38. The fraction of sp³-hybridized carbons (Fsp3) is 0.442. The summed E-state index contributed by atoms with van der Waals surface area (Å²) in [5.41, 5.74) is 7.97. The third-order valence-corrected chi connectivity index (χ3v) is 13.3. The number of hydrogen-bond acceptors (Lipinski definition) is 10. The SMILES string of the molecule is COC1=CC2=C3CC1Oc1c(OC)c(OC)cc4c1[C@@H](Cc1ccc(OCCCCCCCN(CO)C(=O)c5ccccc5)c(c1)Oc1ccc(cc1)C[C@@H]3N(C)CC2)N(C)CC4. The van der Waals surface area contributed by atoms with Crippen molar-refractivity contribution in [2.24, 2.45) is 0 Å². The number of aliphatic hydroxyl groups excluding tert-OH is 1. The minimum atomic E-state index is -0.342. The minimum absolute atomic E-state index is 0.0239. The normalized spacial score (nSPS) is 19.7. The van der Waals surface area contributed by atoms with E-state index in [1.807, 2.05) is 24.3 Å². The topological polar surface area (TPSA) is 102 Å². The van der Waals surface area contributed by atoms with E-state index in [-0.39, 0.29) is 30.8 Å². The molecule has 4 aliphatic heterocycles. The van der Waals surface area contributed by atoms with Gasteiger partial charge in [-0.05, 0) is 129 Å². The maximum Gasteiger partial charge on any atom is 0.255 e. The summed E-state index contributed by atoms with van der Waals surface area (Å²) < 4.78 is 38.6. The van der Waals surface area contributed by atoms with Gasteiger partial charge in [-0.2, -0.15) is 0 Å². The van der Waals surface area contributed by atoms with Gasteiger partial charge >= 0.3 is 0 Å². The third-order valence-electron chi connectivity index (χ3n) is 13.3. The van der Waals surface area contributed by atoms with Gasteiger partial charge in [-0.3, -0.25) is 14.6 Å². The van der Waals surface area contributed by atoms with Crippen LogP contribution in [-0.2, 0) is 24.0 Å². The van der Waals surface area contributed by atoms with E-state index in [1.54, 1.807) is 33.5 Å². The molecule has 63 heavy (non-hydrogen) atoms. The second kappa shape index (κ2) is 20.3. The summed E-state index contributed by atoms with van der Waals surface area (Å²) in [5.74, 6) is 4.80. The fourth-order valence-electron chi connectivity index (χ4n) is 9.71. The molecular weight excluding hydrogens is 795 g/mol. The van der Waals surface area contributed by atoms with Crippen molar-refractivity contribution in [1.29, 1.82) is 0 Å². The molecule has 1 unspecified atom stereocenters. The lowest BCUT2D eigenvalue weighted by Gasteiger charge is -2.41. The molecule has 334 valence electrons. The molecule has 4 aromatic carbocycles. The molecule has 1 aliphatic carbocycles. The van der Waals surface area contributed by atoms with Gasteiger partial charge < -0.3 is 38.4 Å². The number of carbonyl (C=O) groups excluding carboxylic acids is 1. The molecule has 0 fully saturated rings. The second-order valence-electron chi connectivity index (χ2n) is 17.2. The number of benzene rings is 4. The first-order valence-electron chi connectivity index (χ1n) is 22.6. The van der Waals surface area contributed by atoms with Crippen molar-refractivity contribution in [3.05, 3.63) is 130 Å². The van der Waals surface area contributed by atoms with Crippen molar-refractivity contribution in [3.63, 3.8) is 0 Å². The number of rotatable bonds is 14. The fourth-order valence-corrected chi connectivity index (χ4v) is 9.71. The maximum atomic E-state index is 12.8. The van der Waals surface area contributed by atoms with Crippen LogP contribution in [0.1, 0.15) is 83.6 Å². The Bertz CT molecular complexity index is 2280. The van der Waals surface area contributed by atoms with E-state index in [0.29, 0.717) is 60.3 Å². The summed E-state index contributed by atoms with van der Waals surface area (Å²) in [6.45, 7) is 2.64. The Labute approximate surface area is 372 Å². The number of likely N-dealkylation sites (N-methyl/N-ethyl adjacent to an activating group) is 2. The molecule has 0 spiro atoms. The lowest BCUT2D eigenvalue weighted by atomic mass is 9.82. The number of aliphatic hydroxyl groups is 1. The number of unbranched alkanes of at least 4 members (excludes halogenated alkanes) is 4. The van der Waals surface area contributed by atoms with Crippen LogP contribution in [0, 0.1) is 0 Å². The Kier molecular flexibility index (Phi) is 14.3. The summed E-state index contributed by atoms with van der Waals surface area (Å²) in [6, 6.07) is 26.3. The van der Waals surface area contributed by atoms with Crippen molar-refractivity contribution >= 4 is 5.91 Å². The van der Waals surface area contributed by atoms with Gasteiger partial charge in [0.15, 0.2) is 29.1 Å². The Balaban J connectivity index is 1.04. The molecule has 0 saturated carbocycles. The van der Waals surface area contributed by atoms with Gasteiger partial charge in [-0.15, -0.1) is 0 Å². The van der Waals surface area contributed by atoms with E-state index in [9.17, 15) is 9.90 Å². The summed E-state index contributed by atoms with van der Waals surface area (Å²) in [7, 11) is 9.53. The highest BCUT2D eigenvalue weighted by Crippen LogP contribution is 2.50. The van der Waals surface area contributed by atoms with E-state index in [4.69, 9.17) is 28.4 Å². The summed E-state index contributed by atoms with van der Waals surface area (Å²) >= 11 is 0. The average Bonchev–Trinajstić information content (AvgIpc) is 3.31. The zero-order valence-electron chi connectivity index (χ0n) is 37.6. The number of fused-ring (bicyclic) bond motifs is 2. The predicted molar refractivity (Wildman–Crippen MR) is 244 cm³/mol. The van der Waals surface area contributed by atoms with Crippen molar-refractivity contribution in [1.82, 2.24) is 14.7 Å². The largest absolute Gasteiger partial charge is 0.497 e. The highest BCUT2D eigenvalue weighted by atomic mass is 16.6. The van der Waals surface area contributed by atoms with Crippen molar-refractivity contribution < 1.29 is 38.3 Å². The van der Waals surface area contributed by atoms with Gasteiger partial charge in [0, 0.05) is 49.3 Å². The molecule has 9 rings (SSSR count). The van der Waals surface area contributed by atoms with Crippen LogP contribution >= 0.6 is 0 Å². The smallest absolute Gasteiger partial charge is 0.255 e. The molecule has 0 radical (unpaired) electrons. The van der Waals surface area contributed by atoms with E-state index in [1.165, 1.54) is 27.2 Å². The first-order chi connectivity index (χ1) is 30.8. The van der Waals surface area contributed by atoms with Gasteiger partial charge in [0.2, 0.25) is 5.75 Å². The molecule has 3 atom stereocenters. The number of amides is 1. The van der Waals surface area contributed by atoms with Crippen LogP contribution in [0.4, 0.5) is 0 Å². The van der Waals surface area contributed by atoms with Crippen LogP contribution in [0.5, 0.6) is 34.5 Å². The minimum Gasteiger partial charge on any atom is -0.497 e. The van der Waals surface area contributed by atoms with Gasteiger partial charge in [-0.1, -0.05) is 55.7 Å². The molecule has 4 aromatic rings. The van der Waals surface area contributed by atoms with Crippen LogP contribution in [-0.4, -0.2) is 106 Å². The van der Waals surface area contributed by atoms with E-state index >= 15 is 0 Å². The zero-order valence-corrected chi connectivity index (χ0v) is 37.6. The van der Waals surface area contributed by atoms with E-state index in [0.717, 1.165) is 87.1 Å². The van der Waals surface area contributed by atoms with Crippen molar-refractivity contribution in [3.8, 4) is 34.5 Å². The van der Waals surface area contributed by atoms with Crippen LogP contribution in [0.2, 0.25) is 0 Å². The molecule has 0 saturated heterocycles. The number of allylic oxidation sites excluding steroid dienone is 1. The van der Waals surface area contributed by atoms with Gasteiger partial charge in [0.25, 0.3) is 5.91 Å². The molecular formula is C52H63N3O8. The Morgan fingerprint density at radius 2 is 1.51 bits per heavy atom. The van der Waals surface area contributed by atoms with Crippen molar-refractivity contribution in [2.45, 2.75) is 82.4 Å². The molecule has 5 aliphatic rings. The number of methoxy groups -OCH3 is 3. The predicted octanol–water partition coefficient (Wildman–Crippen LogP) is 8.93. The molecule has 4 heterocycles. The van der Waals surface area contributed by atoms with Crippen LogP contribution < -0.4 is 23.7 Å². The molecule has 6 bridgehead atoms. The standard InChI is InChI=1S/C52H63N3O8/c1-53-25-22-38-31-45(58-3)47-33-41(38)42(53)28-35-16-19-40(20-17-35)62-46-30-36(29-43-49-39(23-26-54(43)2)32-48(59-4)50(60-5)51(49)63-47)18-21-44(46)61-27-13-8-6-7-12-24-55(34-56)52(57)37-14-10-9-11-15-37/h9-11,14-21,30-32,42-43,47,56H,6-8,12-13,22-29,33-34H2,1-5H3/t42-,43+,47?/m0/s1. The monoisotopic (exact) mass is 857 g/mol. The van der Waals surface area contributed by atoms with Crippen LogP contribution in [0.3, 0.4) is 0 Å². The Morgan fingerprint density at radius 3 is 2.27 bits per heavy atom. The number of hydrogen-bond donors (Lipinski definition) is 1. The van der Waals surface area contributed by atoms with Crippen LogP contribution in [0.15, 0.2) is 102 Å². The molecule has 11 nitrogen and oxygen atoms in total. The average molecular weight is 858 g/mol. The summed E-state index contributed by atoms with van der Waals surface area (Å²) in [6.07, 6.45) is 10.6. The van der Waals surface area contributed by atoms with Gasteiger partial charge in [0.05, 0.1) is 27.9 Å². The number of ether oxygens (including phenoxy) is 6. The first-order valence-corrected chi connectivity index (χ1v) is 22.6. The molecule has 1 N–H and O–H groups in total. The van der Waals surface area contributed by atoms with Crippen molar-refractivity contribution in [2.75, 3.05) is 68.4 Å². The number of carbonyl (C=O) groups is 1. The molecule has 1 amide bonds. The summed E-state index contributed by atoms with van der Waals surface area (Å²) in [4.78, 5) is 19.2. The highest BCUT2D eigenvalue weighted by molar-refractivity contribution is 5.94. The molecule has 0 aromatic heterocycles. The summed E-state index contributed by atoms with van der Waals surface area (Å²) in [5, 5.41) is 9.84. The lowest BCUT2D eigenvalue weighted by molar-refractivity contribution is 0.0549. The number of nitrogens with zero attached hydrogens (tertiary/aromatic N) is 3. The molecule has 11 heteroatoms. The maximum absolute atomic E-state index is 12.8. The Hall–Kier alpha value is -5.49. The van der Waals surface area contributed by atoms with Gasteiger partial charge in [0.1, 0.15) is 18.2 Å². The van der Waals surface area contributed by atoms with Gasteiger partial charge in [-0.25, -0.2) is 0 Å². The van der Waals surface area contributed by atoms with E-state index in [2.05, 4.69) is 72.4 Å². The second-order valence-corrected chi connectivity index (χ2v) is 17.2. The first kappa shape index (κ1) is 44.1. The lowest BCUT2D eigenvalue weighted by Crippen LogP contribution is -2.43. The van der Waals surface area contributed by atoms with Crippen LogP contribution in [0.25, 0.3) is 0 Å². The quantitative estimate of drug-likeness (QED) is 0.0978. The van der Waals surface area contributed by atoms with E-state index < -0.39 is 0 Å². The third kappa shape index (κ3) is 9.86. The Morgan fingerprint density at radius 1 is 0.778 bits per heavy atom.